The maximum atomic E-state index is 11.1. The molecule has 6 heteroatoms. The van der Waals surface area contributed by atoms with Crippen molar-refractivity contribution in [3.63, 3.8) is 0 Å². The molecule has 1 aromatic heterocycles. The number of carboxylic acids is 1. The van der Waals surface area contributed by atoms with Gasteiger partial charge in [-0.05, 0) is 42.8 Å². The first-order valence-corrected chi connectivity index (χ1v) is 8.29. The molecule has 0 atom stereocenters. The Morgan fingerprint density at radius 3 is 2.50 bits per heavy atom. The lowest BCUT2D eigenvalue weighted by Crippen LogP contribution is -2.11. The Morgan fingerprint density at radius 1 is 1.08 bits per heavy atom. The number of carboxylic acid groups (broad SMARTS) is 1. The number of nitrogens with one attached hydrogen (secondary N) is 1. The van der Waals surface area contributed by atoms with E-state index in [0.29, 0.717) is 22.9 Å². The third kappa shape index (κ3) is 4.88. The summed E-state index contributed by atoms with van der Waals surface area (Å²) in [5, 5.41) is 12.9. The lowest BCUT2D eigenvalue weighted by molar-refractivity contribution is 0.0697. The van der Waals surface area contributed by atoms with E-state index in [4.69, 9.17) is 21.1 Å². The van der Waals surface area contributed by atoms with Gasteiger partial charge in [-0.3, -0.25) is 0 Å². The molecule has 0 aliphatic carbocycles. The minimum absolute atomic E-state index is 0. The fourth-order valence-electron chi connectivity index (χ4n) is 2.50. The first-order chi connectivity index (χ1) is 12.0. The van der Waals surface area contributed by atoms with E-state index >= 15 is 0 Å². The predicted octanol–water partition coefficient (Wildman–Crippen LogP) is 5.32. The zero-order valence-electron chi connectivity index (χ0n) is 14.2. The van der Waals surface area contributed by atoms with E-state index in [9.17, 15) is 4.79 Å². The quantitative estimate of drug-likeness (QED) is 0.596. The van der Waals surface area contributed by atoms with Crippen LogP contribution in [-0.2, 0) is 13.1 Å². The molecule has 3 aromatic rings. The van der Waals surface area contributed by atoms with E-state index in [2.05, 4.69) is 36.5 Å². The summed E-state index contributed by atoms with van der Waals surface area (Å²) in [7, 11) is 0. The summed E-state index contributed by atoms with van der Waals surface area (Å²) in [5.74, 6) is 0.323. The maximum absolute atomic E-state index is 11.1. The minimum Gasteiger partial charge on any atom is -0.478 e. The molecule has 0 radical (unpaired) electrons. The molecule has 0 aliphatic rings. The van der Waals surface area contributed by atoms with E-state index < -0.39 is 5.97 Å². The largest absolute Gasteiger partial charge is 0.478 e. The van der Waals surface area contributed by atoms with Crippen LogP contribution in [0.4, 0.5) is 0 Å². The van der Waals surface area contributed by atoms with Crippen molar-refractivity contribution < 1.29 is 14.3 Å². The molecule has 2 N–H and O–H groups in total. The van der Waals surface area contributed by atoms with Gasteiger partial charge in [-0.2, -0.15) is 0 Å². The normalized spacial score (nSPS) is 10.4. The molecule has 0 saturated carbocycles. The van der Waals surface area contributed by atoms with Crippen LogP contribution >= 0.6 is 24.0 Å². The van der Waals surface area contributed by atoms with Gasteiger partial charge in [0.2, 0.25) is 0 Å². The van der Waals surface area contributed by atoms with Gasteiger partial charge in [-0.25, -0.2) is 4.79 Å². The minimum atomic E-state index is -0.996. The van der Waals surface area contributed by atoms with Crippen LogP contribution in [0.3, 0.4) is 0 Å². The Labute approximate surface area is 163 Å². The second-order valence-corrected chi connectivity index (χ2v) is 6.26. The highest BCUT2D eigenvalue weighted by atomic mass is 35.5. The van der Waals surface area contributed by atoms with Gasteiger partial charge in [0.25, 0.3) is 0 Å². The fourth-order valence-corrected chi connectivity index (χ4v) is 2.71. The number of aromatic carboxylic acids is 1. The highest BCUT2D eigenvalue weighted by molar-refractivity contribution is 6.33. The monoisotopic (exact) mass is 391 g/mol. The topological polar surface area (TPSA) is 62.5 Å². The van der Waals surface area contributed by atoms with Crippen LogP contribution in [0, 0.1) is 6.92 Å². The van der Waals surface area contributed by atoms with Crippen molar-refractivity contribution >= 4 is 30.0 Å². The molecule has 2 aromatic carbocycles. The first-order valence-electron chi connectivity index (χ1n) is 7.91. The molecular formula is C20H19Cl2NO3. The highest BCUT2D eigenvalue weighted by Gasteiger charge is 2.12. The standard InChI is InChI=1S/C20H18ClNO3.ClH/c1-13-2-4-14(5-3-13)11-22-12-16-7-9-19(25-16)17-10-15(20(23)24)6-8-18(17)21;/h2-10,22H,11-12H2,1H3,(H,23,24);1H. The molecule has 0 bridgehead atoms. The Balaban J connectivity index is 0.00000243. The van der Waals surface area contributed by atoms with Gasteiger partial charge in [0.05, 0.1) is 17.1 Å². The van der Waals surface area contributed by atoms with Crippen LogP contribution in [0.5, 0.6) is 0 Å². The van der Waals surface area contributed by atoms with Crippen LogP contribution in [0.1, 0.15) is 27.2 Å². The number of aryl methyl sites for hydroxylation is 1. The maximum Gasteiger partial charge on any atom is 0.335 e. The lowest BCUT2D eigenvalue weighted by Gasteiger charge is -2.05. The highest BCUT2D eigenvalue weighted by Crippen LogP contribution is 2.30. The zero-order valence-corrected chi connectivity index (χ0v) is 15.7. The number of rotatable bonds is 6. The van der Waals surface area contributed by atoms with E-state index in [1.54, 1.807) is 12.1 Å². The number of furan rings is 1. The Hall–Kier alpha value is -2.27. The molecule has 0 saturated heterocycles. The van der Waals surface area contributed by atoms with Gasteiger partial charge in [-0.15, -0.1) is 12.4 Å². The third-order valence-electron chi connectivity index (χ3n) is 3.89. The molecule has 26 heavy (non-hydrogen) atoms. The number of benzene rings is 2. The molecule has 1 heterocycles. The van der Waals surface area contributed by atoms with Crippen LogP contribution < -0.4 is 5.32 Å². The molecule has 0 spiro atoms. The van der Waals surface area contributed by atoms with E-state index in [0.717, 1.165) is 12.3 Å². The average molecular weight is 392 g/mol. The molecule has 0 unspecified atom stereocenters. The van der Waals surface area contributed by atoms with Gasteiger partial charge in [-0.1, -0.05) is 41.4 Å². The van der Waals surface area contributed by atoms with Crippen LogP contribution in [0.25, 0.3) is 11.3 Å². The summed E-state index contributed by atoms with van der Waals surface area (Å²) in [5.41, 5.74) is 3.19. The summed E-state index contributed by atoms with van der Waals surface area (Å²) >= 11 is 6.17. The summed E-state index contributed by atoms with van der Waals surface area (Å²) in [4.78, 5) is 11.1. The lowest BCUT2D eigenvalue weighted by atomic mass is 10.1. The van der Waals surface area contributed by atoms with Gasteiger partial charge < -0.3 is 14.8 Å². The van der Waals surface area contributed by atoms with Crippen molar-refractivity contribution in [2.45, 2.75) is 20.0 Å². The van der Waals surface area contributed by atoms with E-state index in [1.165, 1.54) is 23.3 Å². The number of carbonyl (C=O) groups is 1. The molecule has 3 rings (SSSR count). The summed E-state index contributed by atoms with van der Waals surface area (Å²) < 4.78 is 5.80. The molecule has 0 aliphatic heterocycles. The number of hydrogen-bond donors (Lipinski definition) is 2. The van der Waals surface area contributed by atoms with E-state index in [-0.39, 0.29) is 18.0 Å². The van der Waals surface area contributed by atoms with Gasteiger partial charge in [0, 0.05) is 12.1 Å². The SMILES string of the molecule is Cc1ccc(CNCc2ccc(-c3cc(C(=O)O)ccc3Cl)o2)cc1.Cl. The number of halogens is 2. The molecular weight excluding hydrogens is 373 g/mol. The third-order valence-corrected chi connectivity index (χ3v) is 4.22. The molecule has 136 valence electrons. The Morgan fingerprint density at radius 2 is 1.81 bits per heavy atom. The fraction of sp³-hybridized carbons (Fsp3) is 0.150. The second kappa shape index (κ2) is 8.90. The van der Waals surface area contributed by atoms with Crippen LogP contribution in [0.2, 0.25) is 5.02 Å². The Kier molecular flexibility index (Phi) is 6.86. The van der Waals surface area contributed by atoms with Crippen molar-refractivity contribution in [3.8, 4) is 11.3 Å². The summed E-state index contributed by atoms with van der Waals surface area (Å²) in [6.45, 7) is 3.38. The first kappa shape index (κ1) is 20.0. The van der Waals surface area contributed by atoms with Gasteiger partial charge in [0.1, 0.15) is 11.5 Å². The van der Waals surface area contributed by atoms with Crippen molar-refractivity contribution in [2.24, 2.45) is 0 Å². The predicted molar refractivity (Wildman–Crippen MR) is 105 cm³/mol. The van der Waals surface area contributed by atoms with Crippen molar-refractivity contribution in [1.29, 1.82) is 0 Å². The van der Waals surface area contributed by atoms with Crippen molar-refractivity contribution in [1.82, 2.24) is 5.32 Å². The summed E-state index contributed by atoms with van der Waals surface area (Å²) in [6.07, 6.45) is 0. The van der Waals surface area contributed by atoms with Crippen LogP contribution in [0.15, 0.2) is 59.0 Å². The average Bonchev–Trinajstić information content (AvgIpc) is 3.05. The van der Waals surface area contributed by atoms with Crippen LogP contribution in [-0.4, -0.2) is 11.1 Å². The molecule has 0 amide bonds. The second-order valence-electron chi connectivity index (χ2n) is 5.85. The van der Waals surface area contributed by atoms with Gasteiger partial charge >= 0.3 is 5.97 Å². The van der Waals surface area contributed by atoms with Crippen molar-refractivity contribution in [3.05, 3.63) is 82.1 Å². The molecule has 0 fully saturated rings. The van der Waals surface area contributed by atoms with E-state index in [1.807, 2.05) is 6.07 Å². The smallest absolute Gasteiger partial charge is 0.335 e. The summed E-state index contributed by atoms with van der Waals surface area (Å²) in [6, 6.07) is 16.6. The number of hydrogen-bond acceptors (Lipinski definition) is 3. The Bertz CT molecular complexity index is 888. The zero-order chi connectivity index (χ0) is 17.8. The molecule has 4 nitrogen and oxygen atoms in total. The van der Waals surface area contributed by atoms with Crippen molar-refractivity contribution in [2.75, 3.05) is 0 Å². The van der Waals surface area contributed by atoms with Gasteiger partial charge in [0.15, 0.2) is 0 Å².